The third kappa shape index (κ3) is 4.99. The van der Waals surface area contributed by atoms with Crippen molar-refractivity contribution in [1.29, 1.82) is 0 Å². The van der Waals surface area contributed by atoms with Crippen LogP contribution in [-0.4, -0.2) is 62.3 Å². The van der Waals surface area contributed by atoms with Gasteiger partial charge in [0.1, 0.15) is 5.75 Å². The van der Waals surface area contributed by atoms with Crippen molar-refractivity contribution in [3.8, 4) is 5.75 Å². The van der Waals surface area contributed by atoms with Crippen LogP contribution in [0, 0.1) is 5.41 Å². The molecule has 0 aromatic heterocycles. The predicted octanol–water partition coefficient (Wildman–Crippen LogP) is 3.80. The molecule has 26 heavy (non-hydrogen) atoms. The zero-order chi connectivity index (χ0) is 18.6. The van der Waals surface area contributed by atoms with Gasteiger partial charge in [-0.2, -0.15) is 0 Å². The Balaban J connectivity index is 1.45. The highest BCUT2D eigenvalue weighted by atomic mass is 16.5. The van der Waals surface area contributed by atoms with E-state index in [4.69, 9.17) is 9.47 Å². The fourth-order valence-corrected chi connectivity index (χ4v) is 4.20. The van der Waals surface area contributed by atoms with Crippen LogP contribution in [0.3, 0.4) is 0 Å². The van der Waals surface area contributed by atoms with E-state index in [1.807, 2.05) is 6.07 Å². The minimum Gasteiger partial charge on any atom is -0.497 e. The molecule has 0 saturated carbocycles. The van der Waals surface area contributed by atoms with E-state index in [1.165, 1.54) is 44.3 Å². The molecule has 1 spiro atoms. The molecule has 3 rings (SSSR count). The molecular formula is C22H36N2O2. The molecule has 0 amide bonds. The van der Waals surface area contributed by atoms with E-state index >= 15 is 0 Å². The summed E-state index contributed by atoms with van der Waals surface area (Å²) in [5, 5.41) is 0. The molecule has 1 atom stereocenters. The normalized spacial score (nSPS) is 23.7. The number of likely N-dealkylation sites (N-methyl/N-ethyl adjacent to an activating group) is 1. The predicted molar refractivity (Wildman–Crippen MR) is 107 cm³/mol. The van der Waals surface area contributed by atoms with Crippen molar-refractivity contribution in [3.05, 3.63) is 29.8 Å². The number of benzene rings is 1. The standard InChI is InChI=1S/C22H36N2O2/c1-18(2)23(3)16-21-8-9-22(17-26-21)10-12-24(13-11-22)15-19-6-5-7-20(14-19)25-4/h5-7,14,18,21H,8-13,15-17H2,1-4H3. The van der Waals surface area contributed by atoms with Gasteiger partial charge in [-0.15, -0.1) is 0 Å². The molecule has 1 aromatic rings. The van der Waals surface area contributed by atoms with Crippen molar-refractivity contribution in [1.82, 2.24) is 9.80 Å². The molecule has 0 radical (unpaired) electrons. The Bertz CT molecular complexity index is 557. The molecule has 1 unspecified atom stereocenters. The lowest BCUT2D eigenvalue weighted by atomic mass is 9.73. The monoisotopic (exact) mass is 360 g/mol. The first-order chi connectivity index (χ1) is 12.5. The van der Waals surface area contributed by atoms with E-state index in [2.05, 4.69) is 48.9 Å². The van der Waals surface area contributed by atoms with Gasteiger partial charge in [0.25, 0.3) is 0 Å². The van der Waals surface area contributed by atoms with Crippen LogP contribution in [-0.2, 0) is 11.3 Å². The van der Waals surface area contributed by atoms with Gasteiger partial charge >= 0.3 is 0 Å². The Morgan fingerprint density at radius 2 is 2.04 bits per heavy atom. The van der Waals surface area contributed by atoms with E-state index in [0.29, 0.717) is 17.6 Å². The number of piperidine rings is 1. The fraction of sp³-hybridized carbons (Fsp3) is 0.727. The highest BCUT2D eigenvalue weighted by Gasteiger charge is 2.39. The number of hydrogen-bond acceptors (Lipinski definition) is 4. The van der Waals surface area contributed by atoms with Crippen LogP contribution < -0.4 is 4.74 Å². The molecule has 2 aliphatic heterocycles. The van der Waals surface area contributed by atoms with Crippen LogP contribution in [0.4, 0.5) is 0 Å². The number of likely N-dealkylation sites (tertiary alicyclic amines) is 1. The van der Waals surface area contributed by atoms with Gasteiger partial charge in [-0.05, 0) is 82.8 Å². The van der Waals surface area contributed by atoms with Gasteiger partial charge in [0.2, 0.25) is 0 Å². The van der Waals surface area contributed by atoms with Gasteiger partial charge in [0.05, 0.1) is 19.8 Å². The topological polar surface area (TPSA) is 24.9 Å². The molecule has 0 bridgehead atoms. The summed E-state index contributed by atoms with van der Waals surface area (Å²) in [6.45, 7) is 9.90. The third-order valence-electron chi connectivity index (χ3n) is 6.45. The number of ether oxygens (including phenoxy) is 2. The summed E-state index contributed by atoms with van der Waals surface area (Å²) in [5.74, 6) is 0.953. The van der Waals surface area contributed by atoms with Gasteiger partial charge in [0, 0.05) is 19.1 Å². The van der Waals surface area contributed by atoms with E-state index in [-0.39, 0.29) is 0 Å². The Morgan fingerprint density at radius 1 is 1.27 bits per heavy atom. The maximum absolute atomic E-state index is 6.30. The Kier molecular flexibility index (Phi) is 6.60. The first kappa shape index (κ1) is 19.7. The van der Waals surface area contributed by atoms with Crippen molar-refractivity contribution in [2.45, 2.75) is 58.2 Å². The van der Waals surface area contributed by atoms with Crippen molar-refractivity contribution < 1.29 is 9.47 Å². The molecule has 2 heterocycles. The van der Waals surface area contributed by atoms with Crippen molar-refractivity contribution in [3.63, 3.8) is 0 Å². The summed E-state index contributed by atoms with van der Waals surface area (Å²) in [6, 6.07) is 9.05. The maximum Gasteiger partial charge on any atom is 0.119 e. The molecule has 2 aliphatic rings. The zero-order valence-electron chi connectivity index (χ0n) is 17.0. The first-order valence-electron chi connectivity index (χ1n) is 10.2. The number of rotatable bonds is 6. The second-order valence-electron chi connectivity index (χ2n) is 8.63. The van der Waals surface area contributed by atoms with Crippen LogP contribution >= 0.6 is 0 Å². The molecule has 0 aliphatic carbocycles. The Hall–Kier alpha value is -1.10. The summed E-state index contributed by atoms with van der Waals surface area (Å²) >= 11 is 0. The molecule has 4 nitrogen and oxygen atoms in total. The summed E-state index contributed by atoms with van der Waals surface area (Å²) < 4.78 is 11.6. The molecule has 2 fully saturated rings. The van der Waals surface area contributed by atoms with Crippen LogP contribution in [0.5, 0.6) is 5.75 Å². The second kappa shape index (κ2) is 8.73. The lowest BCUT2D eigenvalue weighted by Crippen LogP contribution is -2.47. The van der Waals surface area contributed by atoms with Gasteiger partial charge < -0.3 is 14.4 Å². The summed E-state index contributed by atoms with van der Waals surface area (Å²) in [4.78, 5) is 4.98. The summed E-state index contributed by atoms with van der Waals surface area (Å²) in [5.41, 5.74) is 1.77. The quantitative estimate of drug-likeness (QED) is 0.770. The molecule has 4 heteroatoms. The van der Waals surface area contributed by atoms with Crippen molar-refractivity contribution >= 4 is 0 Å². The number of methoxy groups -OCH3 is 1. The lowest BCUT2D eigenvalue weighted by Gasteiger charge is -2.46. The number of hydrogen-bond donors (Lipinski definition) is 0. The summed E-state index contributed by atoms with van der Waals surface area (Å²) in [7, 11) is 3.94. The van der Waals surface area contributed by atoms with E-state index in [1.54, 1.807) is 7.11 Å². The summed E-state index contributed by atoms with van der Waals surface area (Å²) in [6.07, 6.45) is 5.50. The Morgan fingerprint density at radius 3 is 2.65 bits per heavy atom. The minimum absolute atomic E-state index is 0.419. The fourth-order valence-electron chi connectivity index (χ4n) is 4.20. The van der Waals surface area contributed by atoms with Crippen LogP contribution in [0.25, 0.3) is 0 Å². The van der Waals surface area contributed by atoms with E-state index in [0.717, 1.165) is 25.4 Å². The van der Waals surface area contributed by atoms with Gasteiger partial charge in [-0.3, -0.25) is 4.90 Å². The second-order valence-corrected chi connectivity index (χ2v) is 8.63. The molecular weight excluding hydrogens is 324 g/mol. The van der Waals surface area contributed by atoms with Crippen LogP contribution in [0.2, 0.25) is 0 Å². The highest BCUT2D eigenvalue weighted by Crippen LogP contribution is 2.41. The number of nitrogens with zero attached hydrogens (tertiary/aromatic N) is 2. The van der Waals surface area contributed by atoms with Crippen molar-refractivity contribution in [2.75, 3.05) is 40.4 Å². The largest absolute Gasteiger partial charge is 0.497 e. The smallest absolute Gasteiger partial charge is 0.119 e. The molecule has 146 valence electrons. The Labute approximate surface area is 159 Å². The van der Waals surface area contributed by atoms with Gasteiger partial charge in [-0.25, -0.2) is 0 Å². The maximum atomic E-state index is 6.30. The van der Waals surface area contributed by atoms with Crippen molar-refractivity contribution in [2.24, 2.45) is 5.41 Å². The van der Waals surface area contributed by atoms with Crippen LogP contribution in [0.1, 0.15) is 45.1 Å². The minimum atomic E-state index is 0.419. The average Bonchev–Trinajstić information content (AvgIpc) is 2.66. The van der Waals surface area contributed by atoms with Gasteiger partial charge in [-0.1, -0.05) is 12.1 Å². The van der Waals surface area contributed by atoms with Gasteiger partial charge in [0.15, 0.2) is 0 Å². The highest BCUT2D eigenvalue weighted by molar-refractivity contribution is 5.28. The average molecular weight is 361 g/mol. The third-order valence-corrected chi connectivity index (χ3v) is 6.45. The SMILES string of the molecule is COc1cccc(CN2CCC3(CCC(CN(C)C(C)C)OC3)CC2)c1. The molecule has 1 aromatic carbocycles. The first-order valence-corrected chi connectivity index (χ1v) is 10.2. The van der Waals surface area contributed by atoms with E-state index in [9.17, 15) is 0 Å². The molecule has 2 saturated heterocycles. The zero-order valence-corrected chi connectivity index (χ0v) is 17.0. The van der Waals surface area contributed by atoms with E-state index < -0.39 is 0 Å². The molecule has 0 N–H and O–H groups in total. The lowest BCUT2D eigenvalue weighted by molar-refractivity contribution is -0.0946. The van der Waals surface area contributed by atoms with Crippen LogP contribution in [0.15, 0.2) is 24.3 Å².